The van der Waals surface area contributed by atoms with Gasteiger partial charge in [0.05, 0.1) is 18.0 Å². The lowest BCUT2D eigenvalue weighted by atomic mass is 9.77. The van der Waals surface area contributed by atoms with E-state index >= 15 is 0 Å². The number of fused-ring (bicyclic) bond motifs is 3. The monoisotopic (exact) mass is 354 g/mol. The summed E-state index contributed by atoms with van der Waals surface area (Å²) in [7, 11) is 0. The summed E-state index contributed by atoms with van der Waals surface area (Å²) >= 11 is 0. The van der Waals surface area contributed by atoms with Crippen molar-refractivity contribution in [2.75, 3.05) is 0 Å². The average molecular weight is 355 g/mol. The van der Waals surface area contributed by atoms with Gasteiger partial charge < -0.3 is 17.0 Å². The van der Waals surface area contributed by atoms with Gasteiger partial charge >= 0.3 is 0 Å². The van der Waals surface area contributed by atoms with Crippen molar-refractivity contribution >= 4 is 5.84 Å². The predicted molar refractivity (Wildman–Crippen MR) is 82.6 cm³/mol. The van der Waals surface area contributed by atoms with Gasteiger partial charge in [-0.05, 0) is 50.9 Å². The normalized spacial score (nSPS) is 41.8. The third-order valence-corrected chi connectivity index (χ3v) is 6.66. The molecule has 3 saturated carbocycles. The third kappa shape index (κ3) is 3.33. The van der Waals surface area contributed by atoms with Gasteiger partial charge in [-0.15, -0.1) is 0 Å². The highest BCUT2D eigenvalue weighted by Gasteiger charge is 2.40. The quantitative estimate of drug-likeness (QED) is 0.679. The van der Waals surface area contributed by atoms with Crippen LogP contribution in [0.2, 0.25) is 0 Å². The Balaban J connectivity index is 0.00000132. The lowest BCUT2D eigenvalue weighted by molar-refractivity contribution is -0.518. The molecule has 5 fully saturated rings. The minimum absolute atomic E-state index is 0. The van der Waals surface area contributed by atoms with Gasteiger partial charge in [0.25, 0.3) is 0 Å². The number of nitrogens with one attached hydrogen (secondary N) is 2. The molecule has 0 aromatic carbocycles. The molecule has 2 heterocycles. The van der Waals surface area contributed by atoms with Crippen molar-refractivity contribution in [3.8, 4) is 0 Å². The lowest BCUT2D eigenvalue weighted by Gasteiger charge is -2.35. The third-order valence-electron chi connectivity index (χ3n) is 6.66. The van der Waals surface area contributed by atoms with Crippen molar-refractivity contribution in [1.82, 2.24) is 5.32 Å². The lowest BCUT2D eigenvalue weighted by Crippen LogP contribution is -3.00. The molecule has 2 bridgehead atoms. The first-order valence-electron chi connectivity index (χ1n) is 9.30. The molecule has 0 amide bonds. The molecule has 2 nitrogen and oxygen atoms in total. The van der Waals surface area contributed by atoms with Crippen LogP contribution in [0.1, 0.15) is 77.0 Å². The predicted octanol–water partition coefficient (Wildman–Crippen LogP) is -0.619. The Morgan fingerprint density at radius 1 is 0.762 bits per heavy atom. The van der Waals surface area contributed by atoms with Gasteiger partial charge in [-0.3, -0.25) is 10.3 Å². The van der Waals surface area contributed by atoms with E-state index in [1.165, 1.54) is 77.0 Å². The summed E-state index contributed by atoms with van der Waals surface area (Å²) in [6.45, 7) is 0. The Hall–Kier alpha value is -0.0500. The maximum Gasteiger partial charge on any atom is 0.246 e. The van der Waals surface area contributed by atoms with Crippen molar-refractivity contribution in [2.45, 2.75) is 89.1 Å². The summed E-state index contributed by atoms with van der Waals surface area (Å²) < 4.78 is 0. The molecule has 5 rings (SSSR count). The van der Waals surface area contributed by atoms with Crippen LogP contribution < -0.4 is 27.3 Å². The van der Waals surface area contributed by atoms with Gasteiger partial charge in [0.1, 0.15) is 0 Å². The number of halogens is 1. The molecule has 2 N–H and O–H groups in total. The molecule has 0 radical (unpaired) electrons. The number of rotatable bonds is 2. The van der Waals surface area contributed by atoms with Crippen molar-refractivity contribution in [1.29, 1.82) is 0 Å². The first-order valence-corrected chi connectivity index (χ1v) is 9.30. The molecule has 2 aliphatic heterocycles. The van der Waals surface area contributed by atoms with Crippen LogP contribution in [0.5, 0.6) is 0 Å². The molecule has 0 unspecified atom stereocenters. The van der Waals surface area contributed by atoms with Crippen LogP contribution in [0.3, 0.4) is 0 Å². The number of piperidine rings is 2. The van der Waals surface area contributed by atoms with Crippen LogP contribution >= 0.6 is 0 Å². The number of hydrogen-bond acceptors (Lipinski definition) is 0. The smallest absolute Gasteiger partial charge is 0.246 e. The van der Waals surface area contributed by atoms with Gasteiger partial charge in [0.2, 0.25) is 5.84 Å². The fourth-order valence-electron chi connectivity index (χ4n) is 5.52. The van der Waals surface area contributed by atoms with Gasteiger partial charge in [-0.2, -0.15) is 0 Å². The Morgan fingerprint density at radius 3 is 2.19 bits per heavy atom. The minimum Gasteiger partial charge on any atom is -1.00 e. The Labute approximate surface area is 140 Å². The molecule has 2 saturated heterocycles. The standard InChI is InChI=1S/C18H30N2.BrH/c1-2-5-13(6-3-1)16-7-4-8-17(16)20-18-14-9-11-15(19-18)12-10-14;/h13-17H,1-12H2,(H,19,20);1H/t14?,15?,16-,17-;/m0./s1. The zero-order chi connectivity index (χ0) is 13.4. The molecule has 0 spiro atoms. The molecule has 0 aromatic heterocycles. The average Bonchev–Trinajstić information content (AvgIpc) is 2.97. The number of amidine groups is 1. The topological polar surface area (TPSA) is 26.0 Å². The van der Waals surface area contributed by atoms with E-state index in [2.05, 4.69) is 10.3 Å². The van der Waals surface area contributed by atoms with Crippen LogP contribution in [-0.2, 0) is 0 Å². The van der Waals surface area contributed by atoms with E-state index in [-0.39, 0.29) is 17.0 Å². The van der Waals surface area contributed by atoms with Crippen molar-refractivity contribution in [3.63, 3.8) is 0 Å². The van der Waals surface area contributed by atoms with Crippen molar-refractivity contribution in [3.05, 3.63) is 0 Å². The zero-order valence-electron chi connectivity index (χ0n) is 13.2. The zero-order valence-corrected chi connectivity index (χ0v) is 14.8. The maximum absolute atomic E-state index is 4.00. The molecular weight excluding hydrogens is 324 g/mol. The minimum atomic E-state index is 0. The summed E-state index contributed by atoms with van der Waals surface area (Å²) in [6.07, 6.45) is 17.6. The first-order chi connectivity index (χ1) is 9.90. The molecule has 0 aromatic rings. The summed E-state index contributed by atoms with van der Waals surface area (Å²) in [6, 6.07) is 1.58. The fraction of sp³-hybridized carbons (Fsp3) is 0.944. The highest BCUT2D eigenvalue weighted by Crippen LogP contribution is 2.38. The molecule has 3 aliphatic carbocycles. The van der Waals surface area contributed by atoms with E-state index in [1.54, 1.807) is 5.84 Å². The largest absolute Gasteiger partial charge is 1.00 e. The molecule has 21 heavy (non-hydrogen) atoms. The van der Waals surface area contributed by atoms with Crippen molar-refractivity contribution in [2.24, 2.45) is 17.8 Å². The van der Waals surface area contributed by atoms with Gasteiger partial charge in [-0.25, -0.2) is 0 Å². The molecule has 5 aliphatic rings. The van der Waals surface area contributed by atoms with Crippen LogP contribution in [0.25, 0.3) is 0 Å². The highest BCUT2D eigenvalue weighted by molar-refractivity contribution is 5.81. The van der Waals surface area contributed by atoms with Crippen LogP contribution in [0.15, 0.2) is 0 Å². The van der Waals surface area contributed by atoms with E-state index < -0.39 is 0 Å². The molecule has 3 heteroatoms. The van der Waals surface area contributed by atoms with Gasteiger partial charge in [0, 0.05) is 5.92 Å². The Bertz CT molecular complexity index is 367. The van der Waals surface area contributed by atoms with E-state index in [9.17, 15) is 0 Å². The van der Waals surface area contributed by atoms with Crippen molar-refractivity contribution < 1.29 is 22.0 Å². The van der Waals surface area contributed by atoms with E-state index in [4.69, 9.17) is 0 Å². The second-order valence-electron chi connectivity index (χ2n) is 7.85. The van der Waals surface area contributed by atoms with Crippen LogP contribution in [-0.4, -0.2) is 17.9 Å². The van der Waals surface area contributed by atoms with Gasteiger partial charge in [0.15, 0.2) is 0 Å². The summed E-state index contributed by atoms with van der Waals surface area (Å²) in [4.78, 5) is 4.00. The molecule has 120 valence electrons. The first kappa shape index (κ1) is 15.8. The van der Waals surface area contributed by atoms with Crippen LogP contribution in [0, 0.1) is 17.8 Å². The molecular formula is C18H31BrN2. The Morgan fingerprint density at radius 2 is 1.52 bits per heavy atom. The summed E-state index contributed by atoms with van der Waals surface area (Å²) in [5.74, 6) is 4.39. The highest BCUT2D eigenvalue weighted by atomic mass is 79.9. The van der Waals surface area contributed by atoms with E-state index in [0.29, 0.717) is 0 Å². The SMILES string of the molecule is C1CCC([C@@H]2CCC[C@@H]2[NH+]=C2NC3CCC2CC3)CC1.[Br-]. The fourth-order valence-corrected chi connectivity index (χ4v) is 5.52. The Kier molecular flexibility index (Phi) is 5.29. The van der Waals surface area contributed by atoms with Crippen LogP contribution in [0.4, 0.5) is 0 Å². The van der Waals surface area contributed by atoms with Gasteiger partial charge in [-0.1, -0.05) is 32.1 Å². The van der Waals surface area contributed by atoms with E-state index in [1.807, 2.05) is 0 Å². The second kappa shape index (κ2) is 7.02. The van der Waals surface area contributed by atoms with E-state index in [0.717, 1.165) is 29.8 Å². The maximum atomic E-state index is 4.00. The summed E-state index contributed by atoms with van der Waals surface area (Å²) in [5.41, 5.74) is 0. The molecule has 2 atom stereocenters. The summed E-state index contributed by atoms with van der Waals surface area (Å²) in [5, 5.41) is 3.81. The second-order valence-corrected chi connectivity index (χ2v) is 7.85. The number of hydrogen-bond donors (Lipinski definition) is 2.